The predicted molar refractivity (Wildman–Crippen MR) is 115 cm³/mol. The smallest absolute Gasteiger partial charge is 0.266 e. The van der Waals surface area contributed by atoms with Crippen LogP contribution in [0.2, 0.25) is 0 Å². The van der Waals surface area contributed by atoms with E-state index < -0.39 is 0 Å². The van der Waals surface area contributed by atoms with Crippen molar-refractivity contribution in [3.8, 4) is 10.6 Å². The Hall–Kier alpha value is -2.64. The zero-order valence-electron chi connectivity index (χ0n) is 15.8. The monoisotopic (exact) mass is 423 g/mol. The number of benzene rings is 2. The first-order valence-electron chi connectivity index (χ1n) is 9.50. The van der Waals surface area contributed by atoms with E-state index in [1.54, 1.807) is 23.5 Å². The first-order valence-corrected chi connectivity index (χ1v) is 11.1. The zero-order chi connectivity index (χ0) is 20.0. The van der Waals surface area contributed by atoms with Crippen molar-refractivity contribution in [3.05, 3.63) is 69.9 Å². The van der Waals surface area contributed by atoms with E-state index in [9.17, 15) is 9.18 Å². The van der Waals surface area contributed by atoms with Crippen molar-refractivity contribution >= 4 is 38.8 Å². The third-order valence-electron chi connectivity index (χ3n) is 5.19. The average molecular weight is 424 g/mol. The molecule has 4 aromatic rings. The van der Waals surface area contributed by atoms with E-state index in [4.69, 9.17) is 4.98 Å². The van der Waals surface area contributed by atoms with Crippen LogP contribution in [0.15, 0.2) is 48.5 Å². The highest BCUT2D eigenvalue weighted by molar-refractivity contribution is 7.18. The van der Waals surface area contributed by atoms with Crippen molar-refractivity contribution in [2.75, 3.05) is 6.54 Å². The van der Waals surface area contributed by atoms with E-state index in [1.165, 1.54) is 23.5 Å². The molecule has 1 aliphatic heterocycles. The number of halogens is 1. The van der Waals surface area contributed by atoms with Gasteiger partial charge in [0.1, 0.15) is 20.7 Å². The number of rotatable bonds is 3. The Morgan fingerprint density at radius 1 is 1.10 bits per heavy atom. The van der Waals surface area contributed by atoms with Gasteiger partial charge in [0.25, 0.3) is 5.91 Å². The number of aromatic nitrogens is 2. The standard InChI is InChI=1S/C22H18FN3OS2/c1-13-19(29-20(24-13)14-8-10-15(23)11-9-14)22(27)26-12-4-6-17(26)21-25-16-5-2-3-7-18(16)28-21/h2-3,5,7-11,17H,4,6,12H2,1H3. The second-order valence-corrected chi connectivity index (χ2v) is 9.18. The van der Waals surface area contributed by atoms with Crippen LogP contribution < -0.4 is 0 Å². The highest BCUT2D eigenvalue weighted by Crippen LogP contribution is 2.38. The highest BCUT2D eigenvalue weighted by atomic mass is 32.1. The van der Waals surface area contributed by atoms with Crippen LogP contribution in [0.25, 0.3) is 20.8 Å². The van der Waals surface area contributed by atoms with Gasteiger partial charge in [0.2, 0.25) is 0 Å². The fourth-order valence-corrected chi connectivity index (χ4v) is 5.88. The van der Waals surface area contributed by atoms with Crippen LogP contribution in [0.5, 0.6) is 0 Å². The molecule has 0 N–H and O–H groups in total. The van der Waals surface area contributed by atoms with Gasteiger partial charge in [0, 0.05) is 12.1 Å². The molecule has 1 atom stereocenters. The van der Waals surface area contributed by atoms with Gasteiger partial charge in [-0.25, -0.2) is 14.4 Å². The van der Waals surface area contributed by atoms with Crippen molar-refractivity contribution in [2.24, 2.45) is 0 Å². The second-order valence-electron chi connectivity index (χ2n) is 7.12. The number of amides is 1. The number of hydrogen-bond donors (Lipinski definition) is 0. The molecule has 0 radical (unpaired) electrons. The molecular formula is C22H18FN3OS2. The second kappa shape index (κ2) is 7.31. The molecule has 29 heavy (non-hydrogen) atoms. The fourth-order valence-electron chi connectivity index (χ4n) is 3.74. The molecule has 2 aromatic heterocycles. The molecule has 1 aliphatic rings. The van der Waals surface area contributed by atoms with Gasteiger partial charge in [0.15, 0.2) is 0 Å². The molecule has 0 spiro atoms. The summed E-state index contributed by atoms with van der Waals surface area (Å²) in [6, 6.07) is 14.3. The molecule has 2 aromatic carbocycles. The first kappa shape index (κ1) is 18.4. The van der Waals surface area contributed by atoms with E-state index in [0.717, 1.165) is 45.2 Å². The normalized spacial score (nSPS) is 16.6. The zero-order valence-corrected chi connectivity index (χ0v) is 17.4. The maximum Gasteiger partial charge on any atom is 0.266 e. The SMILES string of the molecule is Cc1nc(-c2ccc(F)cc2)sc1C(=O)N1CCCC1c1nc2ccccc2s1. The van der Waals surface area contributed by atoms with Crippen molar-refractivity contribution < 1.29 is 9.18 Å². The summed E-state index contributed by atoms with van der Waals surface area (Å²) in [6.07, 6.45) is 1.89. The van der Waals surface area contributed by atoms with E-state index in [1.807, 2.05) is 30.0 Å². The largest absolute Gasteiger partial charge is 0.328 e. The van der Waals surface area contributed by atoms with Gasteiger partial charge in [0.05, 0.1) is 22.0 Å². The molecule has 0 aliphatic carbocycles. The third kappa shape index (κ3) is 3.34. The van der Waals surface area contributed by atoms with Gasteiger partial charge < -0.3 is 4.90 Å². The van der Waals surface area contributed by atoms with Crippen molar-refractivity contribution in [2.45, 2.75) is 25.8 Å². The quantitative estimate of drug-likeness (QED) is 0.416. The minimum atomic E-state index is -0.283. The Kier molecular flexibility index (Phi) is 4.64. The predicted octanol–water partition coefficient (Wildman–Crippen LogP) is 5.84. The van der Waals surface area contributed by atoms with E-state index >= 15 is 0 Å². The van der Waals surface area contributed by atoms with Crippen LogP contribution in [0.1, 0.15) is 39.3 Å². The number of thiazole rings is 2. The molecule has 0 bridgehead atoms. The number of nitrogens with zero attached hydrogens (tertiary/aromatic N) is 3. The molecule has 1 unspecified atom stereocenters. The van der Waals surface area contributed by atoms with Crippen molar-refractivity contribution in [3.63, 3.8) is 0 Å². The maximum atomic E-state index is 13.4. The lowest BCUT2D eigenvalue weighted by Crippen LogP contribution is -2.30. The number of hydrogen-bond acceptors (Lipinski definition) is 5. The topological polar surface area (TPSA) is 46.1 Å². The Morgan fingerprint density at radius 2 is 1.90 bits per heavy atom. The molecule has 1 saturated heterocycles. The highest BCUT2D eigenvalue weighted by Gasteiger charge is 2.34. The number of carbonyl (C=O) groups is 1. The Balaban J connectivity index is 1.45. The molecule has 146 valence electrons. The van der Waals surface area contributed by atoms with Crippen molar-refractivity contribution in [1.29, 1.82) is 0 Å². The minimum absolute atomic E-state index is 0.00937. The molecular weight excluding hydrogens is 405 g/mol. The van der Waals surface area contributed by atoms with Crippen LogP contribution in [-0.4, -0.2) is 27.3 Å². The summed E-state index contributed by atoms with van der Waals surface area (Å²) in [6.45, 7) is 2.59. The lowest BCUT2D eigenvalue weighted by atomic mass is 10.2. The average Bonchev–Trinajstić information content (AvgIpc) is 3.45. The number of likely N-dealkylation sites (tertiary alicyclic amines) is 1. The maximum absolute atomic E-state index is 13.4. The Labute approximate surface area is 175 Å². The lowest BCUT2D eigenvalue weighted by Gasteiger charge is -2.22. The Morgan fingerprint density at radius 3 is 2.69 bits per heavy atom. The molecule has 1 fully saturated rings. The van der Waals surface area contributed by atoms with Gasteiger partial charge in [-0.2, -0.15) is 0 Å². The summed E-state index contributed by atoms with van der Waals surface area (Å²) in [4.78, 5) is 25.3. The summed E-state index contributed by atoms with van der Waals surface area (Å²) in [5.41, 5.74) is 2.52. The molecule has 7 heteroatoms. The van der Waals surface area contributed by atoms with E-state index in [2.05, 4.69) is 11.1 Å². The molecule has 3 heterocycles. The molecule has 1 amide bonds. The van der Waals surface area contributed by atoms with Gasteiger partial charge in [-0.15, -0.1) is 22.7 Å². The Bertz CT molecular complexity index is 1170. The number of carbonyl (C=O) groups excluding carboxylic acids is 1. The third-order valence-corrected chi connectivity index (χ3v) is 7.52. The van der Waals surface area contributed by atoms with Crippen LogP contribution in [0.4, 0.5) is 4.39 Å². The van der Waals surface area contributed by atoms with Gasteiger partial charge in [-0.05, 0) is 56.2 Å². The first-order chi connectivity index (χ1) is 14.1. The van der Waals surface area contributed by atoms with Crippen molar-refractivity contribution in [1.82, 2.24) is 14.9 Å². The van der Waals surface area contributed by atoms with Crippen LogP contribution in [-0.2, 0) is 0 Å². The number of aryl methyl sites for hydroxylation is 1. The molecule has 5 rings (SSSR count). The van der Waals surface area contributed by atoms with E-state index in [-0.39, 0.29) is 17.8 Å². The lowest BCUT2D eigenvalue weighted by molar-refractivity contribution is 0.0739. The van der Waals surface area contributed by atoms with E-state index in [0.29, 0.717) is 10.6 Å². The van der Waals surface area contributed by atoms with Gasteiger partial charge in [-0.1, -0.05) is 12.1 Å². The van der Waals surface area contributed by atoms with Gasteiger partial charge in [-0.3, -0.25) is 4.79 Å². The number of fused-ring (bicyclic) bond motifs is 1. The summed E-state index contributed by atoms with van der Waals surface area (Å²) < 4.78 is 14.4. The summed E-state index contributed by atoms with van der Waals surface area (Å²) in [7, 11) is 0. The summed E-state index contributed by atoms with van der Waals surface area (Å²) in [5, 5.41) is 1.74. The number of para-hydroxylation sites is 1. The van der Waals surface area contributed by atoms with Crippen LogP contribution >= 0.6 is 22.7 Å². The van der Waals surface area contributed by atoms with Crippen LogP contribution in [0, 0.1) is 12.7 Å². The van der Waals surface area contributed by atoms with Gasteiger partial charge >= 0.3 is 0 Å². The fraction of sp³-hybridized carbons (Fsp3) is 0.227. The summed E-state index contributed by atoms with van der Waals surface area (Å²) >= 11 is 3.04. The minimum Gasteiger partial charge on any atom is -0.328 e. The summed E-state index contributed by atoms with van der Waals surface area (Å²) in [5.74, 6) is -0.274. The van der Waals surface area contributed by atoms with Crippen LogP contribution in [0.3, 0.4) is 0 Å². The molecule has 4 nitrogen and oxygen atoms in total. The molecule has 0 saturated carbocycles.